The van der Waals surface area contributed by atoms with Gasteiger partial charge in [-0.25, -0.2) is 0 Å². The monoisotopic (exact) mass is 353 g/mol. The molecule has 4 aromatic carbocycles. The molecule has 4 rings (SSSR count). The van der Waals surface area contributed by atoms with Gasteiger partial charge < -0.3 is 5.73 Å². The molecule has 0 spiro atoms. The van der Waals surface area contributed by atoms with Crippen LogP contribution in [0.25, 0.3) is 11.1 Å². The molecule has 0 aliphatic heterocycles. The summed E-state index contributed by atoms with van der Waals surface area (Å²) in [6.07, 6.45) is 0. The van der Waals surface area contributed by atoms with Crippen LogP contribution >= 0.6 is 7.92 Å². The number of rotatable bonds is 4. The van der Waals surface area contributed by atoms with Gasteiger partial charge in [0.05, 0.1) is 0 Å². The summed E-state index contributed by atoms with van der Waals surface area (Å²) in [6, 6.07) is 38.4. The molecule has 0 amide bonds. The summed E-state index contributed by atoms with van der Waals surface area (Å²) in [5.74, 6) is 0. The van der Waals surface area contributed by atoms with Crippen LogP contribution in [0.4, 0.5) is 5.69 Å². The first-order chi connectivity index (χ1) is 12.8. The minimum atomic E-state index is -0.641. The molecule has 1 nitrogen and oxygen atoms in total. The molecule has 0 atom stereocenters. The third-order valence-corrected chi connectivity index (χ3v) is 6.87. The molecule has 0 bridgehead atoms. The van der Waals surface area contributed by atoms with Crippen molar-refractivity contribution in [2.24, 2.45) is 0 Å². The van der Waals surface area contributed by atoms with Gasteiger partial charge in [-0.2, -0.15) is 0 Å². The average molecular weight is 353 g/mol. The number of anilines is 1. The lowest BCUT2D eigenvalue weighted by atomic mass is 10.1. The zero-order chi connectivity index (χ0) is 17.8. The normalized spacial score (nSPS) is 10.8. The highest BCUT2D eigenvalue weighted by Gasteiger charge is 2.19. The van der Waals surface area contributed by atoms with Crippen LogP contribution in [0.15, 0.2) is 109 Å². The van der Waals surface area contributed by atoms with Crippen LogP contribution in [0.5, 0.6) is 0 Å². The summed E-state index contributed by atoms with van der Waals surface area (Å²) in [7, 11) is -0.641. The summed E-state index contributed by atoms with van der Waals surface area (Å²) in [4.78, 5) is 0. The lowest BCUT2D eigenvalue weighted by molar-refractivity contribution is 1.63. The van der Waals surface area contributed by atoms with Gasteiger partial charge in [0.15, 0.2) is 0 Å². The van der Waals surface area contributed by atoms with E-state index in [4.69, 9.17) is 5.73 Å². The van der Waals surface area contributed by atoms with E-state index in [0.29, 0.717) is 0 Å². The van der Waals surface area contributed by atoms with E-state index in [0.717, 1.165) is 5.69 Å². The van der Waals surface area contributed by atoms with Crippen LogP contribution in [0.1, 0.15) is 0 Å². The highest BCUT2D eigenvalue weighted by molar-refractivity contribution is 7.80. The SMILES string of the molecule is Nc1cccc(-c2ccccc2P(c2ccccc2)c2ccccc2)c1. The lowest BCUT2D eigenvalue weighted by Crippen LogP contribution is -2.22. The molecule has 2 heteroatoms. The molecule has 0 aromatic heterocycles. The van der Waals surface area contributed by atoms with Gasteiger partial charge >= 0.3 is 0 Å². The van der Waals surface area contributed by atoms with E-state index in [9.17, 15) is 0 Å². The van der Waals surface area contributed by atoms with Crippen LogP contribution in [0.3, 0.4) is 0 Å². The first-order valence-electron chi connectivity index (χ1n) is 8.68. The van der Waals surface area contributed by atoms with Gasteiger partial charge in [0.1, 0.15) is 0 Å². The zero-order valence-electron chi connectivity index (χ0n) is 14.4. The van der Waals surface area contributed by atoms with Crippen LogP contribution < -0.4 is 21.6 Å². The van der Waals surface area contributed by atoms with Crippen molar-refractivity contribution >= 4 is 29.5 Å². The molecule has 0 aliphatic rings. The lowest BCUT2D eigenvalue weighted by Gasteiger charge is -2.22. The Labute approximate surface area is 155 Å². The van der Waals surface area contributed by atoms with Crippen molar-refractivity contribution < 1.29 is 0 Å². The van der Waals surface area contributed by atoms with Crippen molar-refractivity contribution in [1.82, 2.24) is 0 Å². The van der Waals surface area contributed by atoms with E-state index in [2.05, 4.69) is 97.1 Å². The fourth-order valence-electron chi connectivity index (χ4n) is 3.20. The average Bonchev–Trinajstić information content (AvgIpc) is 2.70. The minimum absolute atomic E-state index is 0.641. The molecule has 0 fully saturated rings. The number of nitrogen functional groups attached to an aromatic ring is 1. The van der Waals surface area contributed by atoms with Crippen LogP contribution in [-0.2, 0) is 0 Å². The van der Waals surface area contributed by atoms with Crippen molar-refractivity contribution in [3.8, 4) is 11.1 Å². The van der Waals surface area contributed by atoms with Crippen molar-refractivity contribution in [1.29, 1.82) is 0 Å². The standard InChI is InChI=1S/C24H20NP/c25-20-11-9-10-19(18-20)23-16-7-8-17-24(23)26(21-12-3-1-4-13-21)22-14-5-2-6-15-22/h1-18H,25H2. The predicted octanol–water partition coefficient (Wildman–Crippen LogP) is 4.69. The van der Waals surface area contributed by atoms with E-state index in [-0.39, 0.29) is 0 Å². The van der Waals surface area contributed by atoms with Crippen molar-refractivity contribution in [2.45, 2.75) is 0 Å². The van der Waals surface area contributed by atoms with Crippen molar-refractivity contribution in [3.63, 3.8) is 0 Å². The van der Waals surface area contributed by atoms with Crippen molar-refractivity contribution in [2.75, 3.05) is 5.73 Å². The van der Waals surface area contributed by atoms with Gasteiger partial charge in [-0.3, -0.25) is 0 Å². The molecule has 0 unspecified atom stereocenters. The van der Waals surface area contributed by atoms with E-state index < -0.39 is 7.92 Å². The maximum absolute atomic E-state index is 6.05. The Morgan fingerprint density at radius 1 is 0.538 bits per heavy atom. The highest BCUT2D eigenvalue weighted by Crippen LogP contribution is 2.37. The number of hydrogen-bond donors (Lipinski definition) is 1. The second-order valence-electron chi connectivity index (χ2n) is 6.15. The van der Waals surface area contributed by atoms with Gasteiger partial charge in [0.25, 0.3) is 0 Å². The molecule has 2 N–H and O–H groups in total. The van der Waals surface area contributed by atoms with Crippen LogP contribution in [0.2, 0.25) is 0 Å². The van der Waals surface area contributed by atoms with Gasteiger partial charge in [-0.15, -0.1) is 0 Å². The smallest absolute Gasteiger partial charge is 0.0320 e. The molecule has 26 heavy (non-hydrogen) atoms. The summed E-state index contributed by atoms with van der Waals surface area (Å²) < 4.78 is 0. The van der Waals surface area contributed by atoms with Crippen LogP contribution in [0, 0.1) is 0 Å². The molecular formula is C24H20NP. The number of benzene rings is 4. The van der Waals surface area contributed by atoms with E-state index in [1.807, 2.05) is 12.1 Å². The predicted molar refractivity (Wildman–Crippen MR) is 115 cm³/mol. The van der Waals surface area contributed by atoms with Gasteiger partial charge in [0.2, 0.25) is 0 Å². The Morgan fingerprint density at radius 3 is 1.73 bits per heavy atom. The van der Waals surface area contributed by atoms with E-state index in [1.54, 1.807) is 0 Å². The van der Waals surface area contributed by atoms with Crippen molar-refractivity contribution in [3.05, 3.63) is 109 Å². The Balaban J connectivity index is 1.93. The maximum atomic E-state index is 6.05. The summed E-state index contributed by atoms with van der Waals surface area (Å²) in [5, 5.41) is 4.06. The molecule has 126 valence electrons. The van der Waals surface area contributed by atoms with Gasteiger partial charge in [-0.05, 0) is 47.1 Å². The summed E-state index contributed by atoms with van der Waals surface area (Å²) >= 11 is 0. The first-order valence-corrected chi connectivity index (χ1v) is 10.0. The minimum Gasteiger partial charge on any atom is -0.399 e. The Hall–Kier alpha value is -2.89. The molecule has 4 aromatic rings. The van der Waals surface area contributed by atoms with Crippen LogP contribution in [-0.4, -0.2) is 0 Å². The number of nitrogens with two attached hydrogens (primary N) is 1. The maximum Gasteiger partial charge on any atom is 0.0320 e. The number of hydrogen-bond acceptors (Lipinski definition) is 1. The molecule has 0 aliphatic carbocycles. The van der Waals surface area contributed by atoms with E-state index in [1.165, 1.54) is 27.0 Å². The molecule has 0 heterocycles. The summed E-state index contributed by atoms with van der Waals surface area (Å²) in [6.45, 7) is 0. The molecule has 0 saturated carbocycles. The highest BCUT2D eigenvalue weighted by atomic mass is 31.1. The fraction of sp³-hybridized carbons (Fsp3) is 0. The molecule has 0 saturated heterocycles. The first kappa shape index (κ1) is 16.6. The second-order valence-corrected chi connectivity index (χ2v) is 8.33. The Kier molecular flexibility index (Phi) is 4.82. The Bertz CT molecular complexity index is 957. The third kappa shape index (κ3) is 3.40. The third-order valence-electron chi connectivity index (χ3n) is 4.37. The van der Waals surface area contributed by atoms with Gasteiger partial charge in [0, 0.05) is 5.69 Å². The molecule has 0 radical (unpaired) electrons. The quantitative estimate of drug-likeness (QED) is 0.418. The summed E-state index contributed by atoms with van der Waals surface area (Å²) in [5.41, 5.74) is 9.26. The second kappa shape index (κ2) is 7.56. The fourth-order valence-corrected chi connectivity index (χ4v) is 5.68. The topological polar surface area (TPSA) is 26.0 Å². The largest absolute Gasteiger partial charge is 0.399 e. The van der Waals surface area contributed by atoms with E-state index >= 15 is 0 Å². The Morgan fingerprint density at radius 2 is 1.12 bits per heavy atom. The van der Waals surface area contributed by atoms with Gasteiger partial charge in [-0.1, -0.05) is 97.1 Å². The zero-order valence-corrected chi connectivity index (χ0v) is 15.3. The molecular weight excluding hydrogens is 333 g/mol.